The van der Waals surface area contributed by atoms with Crippen molar-refractivity contribution in [1.29, 1.82) is 0 Å². The van der Waals surface area contributed by atoms with Crippen LogP contribution in [0.1, 0.15) is 17.0 Å². The minimum atomic E-state index is -0.344. The van der Waals surface area contributed by atoms with Crippen LogP contribution in [-0.4, -0.2) is 19.4 Å². The van der Waals surface area contributed by atoms with Crippen LogP contribution in [0, 0.1) is 0 Å². The SMILES string of the molecule is N[I-]C[I-]CCOC(=O)C1c2ccccc2Nc2ccccc21. The van der Waals surface area contributed by atoms with Crippen LogP contribution in [-0.2, 0) is 9.53 Å². The summed E-state index contributed by atoms with van der Waals surface area (Å²) in [6, 6.07) is 15.9. The van der Waals surface area contributed by atoms with Gasteiger partial charge in [-0.05, 0) is 0 Å². The number of carbonyl (C=O) groups is 1. The molecule has 3 N–H and O–H groups in total. The van der Waals surface area contributed by atoms with Gasteiger partial charge in [0.25, 0.3) is 0 Å². The summed E-state index contributed by atoms with van der Waals surface area (Å²) in [5.41, 5.74) is 3.93. The van der Waals surface area contributed by atoms with Gasteiger partial charge in [0.05, 0.1) is 0 Å². The van der Waals surface area contributed by atoms with Gasteiger partial charge in [0.2, 0.25) is 0 Å². The Kier molecular flexibility index (Phi) is 6.12. The second-order valence-electron chi connectivity index (χ2n) is 5.03. The molecular formula is C17H18I2N2O2-2. The summed E-state index contributed by atoms with van der Waals surface area (Å²) < 4.78 is 13.4. The fourth-order valence-corrected chi connectivity index (χ4v) is 7.23. The molecule has 0 amide bonds. The molecule has 0 saturated carbocycles. The van der Waals surface area contributed by atoms with Crippen molar-refractivity contribution in [3.8, 4) is 0 Å². The summed E-state index contributed by atoms with van der Waals surface area (Å²) >= 11 is -0.00738. The maximum absolute atomic E-state index is 12.7. The van der Waals surface area contributed by atoms with Crippen LogP contribution >= 0.6 is 0 Å². The van der Waals surface area contributed by atoms with Crippen molar-refractivity contribution >= 4 is 17.3 Å². The molecule has 3 rings (SSSR count). The van der Waals surface area contributed by atoms with Gasteiger partial charge in [-0.1, -0.05) is 0 Å². The number of ether oxygens (including phenoxy) is 1. The summed E-state index contributed by atoms with van der Waals surface area (Å²) in [6.07, 6.45) is 0. The number of fused-ring (bicyclic) bond motifs is 2. The Bertz CT molecular complexity index is 648. The number of alkyl halides is 3. The van der Waals surface area contributed by atoms with E-state index in [9.17, 15) is 4.79 Å². The Labute approximate surface area is 157 Å². The number of nitrogens with two attached hydrogens (primary N) is 1. The number of nitrogens with one attached hydrogen (secondary N) is 1. The van der Waals surface area contributed by atoms with E-state index in [1.165, 1.54) is 2.43 Å². The summed E-state index contributed by atoms with van der Waals surface area (Å²) in [5, 5.41) is 3.40. The van der Waals surface area contributed by atoms with Gasteiger partial charge in [0.15, 0.2) is 0 Å². The third-order valence-corrected chi connectivity index (χ3v) is 10.5. The molecule has 0 aliphatic carbocycles. The molecule has 0 radical (unpaired) electrons. The van der Waals surface area contributed by atoms with E-state index in [4.69, 9.17) is 8.68 Å². The van der Waals surface area contributed by atoms with E-state index in [2.05, 4.69) is 5.32 Å². The van der Waals surface area contributed by atoms with Crippen molar-refractivity contribution < 1.29 is 52.2 Å². The average Bonchev–Trinajstić information content (AvgIpc) is 2.59. The average molecular weight is 536 g/mol. The molecule has 1 aliphatic rings. The molecule has 124 valence electrons. The predicted molar refractivity (Wildman–Crippen MR) is 82.9 cm³/mol. The third kappa shape index (κ3) is 3.97. The fraction of sp³-hybridized carbons (Fsp3) is 0.235. The fourth-order valence-electron chi connectivity index (χ4n) is 2.66. The molecule has 4 nitrogen and oxygen atoms in total. The first kappa shape index (κ1) is 17.0. The minimum absolute atomic E-state index is 0.102. The van der Waals surface area contributed by atoms with Gasteiger partial charge in [-0.3, -0.25) is 0 Å². The summed E-state index contributed by atoms with van der Waals surface area (Å²) in [5.74, 6) is -0.498. The standard InChI is InChI=1S/C17H18I2N2O2/c20-19-11-18-9-10-23-17(22)16-12-5-1-3-7-14(12)21-15-8-4-2-6-13(15)16/h1-8,16,21H,9-11,20H2/q-2. The van der Waals surface area contributed by atoms with Crippen LogP contribution in [0.5, 0.6) is 0 Å². The normalized spacial score (nSPS) is 13.3. The molecule has 1 heterocycles. The molecule has 0 spiro atoms. The maximum atomic E-state index is 12.7. The van der Waals surface area contributed by atoms with E-state index in [-0.39, 0.29) is 54.6 Å². The summed E-state index contributed by atoms with van der Waals surface area (Å²) in [4.78, 5) is 12.7. The van der Waals surface area contributed by atoms with Crippen LogP contribution < -0.4 is 51.9 Å². The van der Waals surface area contributed by atoms with Crippen LogP contribution in [0.2, 0.25) is 0 Å². The molecule has 0 fully saturated rings. The van der Waals surface area contributed by atoms with Gasteiger partial charge in [-0.2, -0.15) is 0 Å². The topological polar surface area (TPSA) is 64.3 Å². The Hall–Kier alpha value is -0.870. The Morgan fingerprint density at radius 2 is 1.70 bits per heavy atom. The number of halogens is 2. The van der Waals surface area contributed by atoms with E-state index in [0.29, 0.717) is 6.61 Å². The zero-order valence-electron chi connectivity index (χ0n) is 12.5. The molecule has 2 aromatic rings. The first-order chi connectivity index (χ1) is 11.3. The number of benzene rings is 2. The van der Waals surface area contributed by atoms with Gasteiger partial charge in [0, 0.05) is 0 Å². The van der Waals surface area contributed by atoms with E-state index >= 15 is 0 Å². The number of hydrogen-bond acceptors (Lipinski definition) is 4. The Morgan fingerprint density at radius 1 is 1.09 bits per heavy atom. The molecule has 0 saturated heterocycles. The van der Waals surface area contributed by atoms with Crippen molar-refractivity contribution in [3.05, 3.63) is 59.7 Å². The third-order valence-electron chi connectivity index (χ3n) is 3.63. The van der Waals surface area contributed by atoms with Crippen molar-refractivity contribution in [2.24, 2.45) is 3.95 Å². The molecule has 6 heteroatoms. The number of para-hydroxylation sites is 2. The van der Waals surface area contributed by atoms with Gasteiger partial charge in [0.1, 0.15) is 0 Å². The van der Waals surface area contributed by atoms with E-state index in [1.807, 2.05) is 48.5 Å². The van der Waals surface area contributed by atoms with Gasteiger partial charge in [-0.25, -0.2) is 0 Å². The number of carbonyl (C=O) groups excluding carboxylic acids is 1. The van der Waals surface area contributed by atoms with Crippen molar-refractivity contribution in [1.82, 2.24) is 0 Å². The van der Waals surface area contributed by atoms with Gasteiger partial charge < -0.3 is 0 Å². The number of esters is 1. The van der Waals surface area contributed by atoms with Crippen molar-refractivity contribution in [2.75, 3.05) is 18.8 Å². The van der Waals surface area contributed by atoms with Crippen molar-refractivity contribution in [3.63, 3.8) is 0 Å². The zero-order valence-corrected chi connectivity index (χ0v) is 16.8. The second-order valence-corrected chi connectivity index (χ2v) is 12.5. The molecule has 1 aliphatic heterocycles. The molecule has 23 heavy (non-hydrogen) atoms. The molecular weight excluding hydrogens is 518 g/mol. The van der Waals surface area contributed by atoms with Gasteiger partial charge in [-0.15, -0.1) is 0 Å². The molecule has 0 bridgehead atoms. The zero-order chi connectivity index (χ0) is 16.1. The molecule has 0 unspecified atom stereocenters. The van der Waals surface area contributed by atoms with E-state index < -0.39 is 0 Å². The summed E-state index contributed by atoms with van der Waals surface area (Å²) in [6.45, 7) is 0.518. The monoisotopic (exact) mass is 536 g/mol. The van der Waals surface area contributed by atoms with Crippen LogP contribution in [0.25, 0.3) is 0 Å². The van der Waals surface area contributed by atoms with Gasteiger partial charge >= 0.3 is 158 Å². The number of rotatable bonds is 6. The van der Waals surface area contributed by atoms with E-state index in [0.717, 1.165) is 26.9 Å². The Morgan fingerprint density at radius 3 is 2.30 bits per heavy atom. The molecule has 0 aromatic heterocycles. The Balaban J connectivity index is 1.79. The van der Waals surface area contributed by atoms with Crippen LogP contribution in [0.3, 0.4) is 0 Å². The second kappa shape index (κ2) is 8.29. The first-order valence-corrected chi connectivity index (χ1v) is 13.1. The molecule has 0 atom stereocenters. The van der Waals surface area contributed by atoms with Crippen molar-refractivity contribution in [2.45, 2.75) is 5.92 Å². The molecule has 2 aromatic carbocycles. The summed E-state index contributed by atoms with van der Waals surface area (Å²) in [7, 11) is 0. The first-order valence-electron chi connectivity index (χ1n) is 7.24. The number of anilines is 2. The van der Waals surface area contributed by atoms with E-state index in [1.54, 1.807) is 0 Å². The number of hydrogen-bond donors (Lipinski definition) is 2. The van der Waals surface area contributed by atoms with Crippen LogP contribution in [0.4, 0.5) is 11.4 Å². The van der Waals surface area contributed by atoms with Crippen LogP contribution in [0.15, 0.2) is 48.5 Å². The quantitative estimate of drug-likeness (QED) is 0.132. The predicted octanol–water partition coefficient (Wildman–Crippen LogP) is -3.57.